The first-order valence-electron chi connectivity index (χ1n) is 5.78. The van der Waals surface area contributed by atoms with Gasteiger partial charge in [-0.05, 0) is 36.2 Å². The van der Waals surface area contributed by atoms with Crippen LogP contribution in [0.4, 0.5) is 0 Å². The second kappa shape index (κ2) is 6.77. The van der Waals surface area contributed by atoms with Crippen LogP contribution in [0.3, 0.4) is 0 Å². The maximum atomic E-state index is 3.64. The van der Waals surface area contributed by atoms with Crippen molar-refractivity contribution in [2.45, 2.75) is 33.2 Å². The van der Waals surface area contributed by atoms with Crippen LogP contribution in [0.25, 0.3) is 0 Å². The summed E-state index contributed by atoms with van der Waals surface area (Å²) in [4.78, 5) is 0. The third-order valence-electron chi connectivity index (χ3n) is 2.93. The van der Waals surface area contributed by atoms with Gasteiger partial charge >= 0.3 is 0 Å². The Hall–Kier alpha value is 0.140. The van der Waals surface area contributed by atoms with E-state index in [4.69, 9.17) is 0 Å². The second-order valence-electron chi connectivity index (χ2n) is 4.09. The van der Waals surface area contributed by atoms with Crippen LogP contribution in [0.15, 0.2) is 27.1 Å². The molecule has 90 valence electrons. The van der Waals surface area contributed by atoms with Gasteiger partial charge in [0, 0.05) is 15.0 Å². The van der Waals surface area contributed by atoms with Crippen molar-refractivity contribution in [3.8, 4) is 0 Å². The van der Waals surface area contributed by atoms with Gasteiger partial charge in [0.25, 0.3) is 0 Å². The fraction of sp³-hybridized carbons (Fsp3) is 0.538. The summed E-state index contributed by atoms with van der Waals surface area (Å²) in [5, 5.41) is 3.57. The Bertz CT molecular complexity index is 339. The molecule has 0 aromatic heterocycles. The monoisotopic (exact) mass is 347 g/mol. The van der Waals surface area contributed by atoms with E-state index in [1.807, 2.05) is 0 Å². The highest BCUT2D eigenvalue weighted by Gasteiger charge is 2.19. The average molecular weight is 349 g/mol. The quantitative estimate of drug-likeness (QED) is 0.797. The third-order valence-corrected chi connectivity index (χ3v) is 4.15. The Morgan fingerprint density at radius 2 is 1.94 bits per heavy atom. The molecule has 0 aliphatic heterocycles. The minimum Gasteiger partial charge on any atom is -0.310 e. The van der Waals surface area contributed by atoms with Crippen molar-refractivity contribution in [2.75, 3.05) is 6.54 Å². The van der Waals surface area contributed by atoms with Crippen LogP contribution >= 0.6 is 31.9 Å². The van der Waals surface area contributed by atoms with Crippen LogP contribution in [0.5, 0.6) is 0 Å². The Morgan fingerprint density at radius 3 is 2.50 bits per heavy atom. The SMILES string of the molecule is CCNC(c1cc(Br)ccc1Br)C(C)CC. The largest absolute Gasteiger partial charge is 0.310 e. The summed E-state index contributed by atoms with van der Waals surface area (Å²) in [5.74, 6) is 0.630. The number of rotatable bonds is 5. The average Bonchev–Trinajstić information content (AvgIpc) is 2.28. The maximum Gasteiger partial charge on any atom is 0.0357 e. The molecule has 0 radical (unpaired) electrons. The number of halogens is 2. The van der Waals surface area contributed by atoms with Crippen molar-refractivity contribution < 1.29 is 0 Å². The van der Waals surface area contributed by atoms with Crippen LogP contribution in [0.2, 0.25) is 0 Å². The van der Waals surface area contributed by atoms with E-state index in [1.165, 1.54) is 16.5 Å². The molecule has 0 saturated heterocycles. The Labute approximate surface area is 115 Å². The van der Waals surface area contributed by atoms with Gasteiger partial charge in [-0.15, -0.1) is 0 Å². The van der Waals surface area contributed by atoms with Crippen molar-refractivity contribution in [1.29, 1.82) is 0 Å². The van der Waals surface area contributed by atoms with E-state index in [0.717, 1.165) is 11.0 Å². The van der Waals surface area contributed by atoms with E-state index in [-0.39, 0.29) is 0 Å². The van der Waals surface area contributed by atoms with Crippen molar-refractivity contribution in [2.24, 2.45) is 5.92 Å². The number of hydrogen-bond donors (Lipinski definition) is 1. The molecular weight excluding hydrogens is 330 g/mol. The molecule has 2 unspecified atom stereocenters. The van der Waals surface area contributed by atoms with Gasteiger partial charge in [0.05, 0.1) is 0 Å². The molecule has 0 aliphatic rings. The lowest BCUT2D eigenvalue weighted by Crippen LogP contribution is -2.26. The highest BCUT2D eigenvalue weighted by Crippen LogP contribution is 2.32. The molecule has 0 amide bonds. The molecule has 0 heterocycles. The minimum absolute atomic E-state index is 0.418. The zero-order valence-corrected chi connectivity index (χ0v) is 13.2. The van der Waals surface area contributed by atoms with Crippen molar-refractivity contribution >= 4 is 31.9 Å². The maximum absolute atomic E-state index is 3.64. The highest BCUT2D eigenvalue weighted by molar-refractivity contribution is 9.11. The predicted molar refractivity (Wildman–Crippen MR) is 77.7 cm³/mol. The molecule has 1 N–H and O–H groups in total. The molecule has 16 heavy (non-hydrogen) atoms. The molecule has 0 spiro atoms. The number of nitrogens with one attached hydrogen (secondary N) is 1. The molecule has 0 saturated carbocycles. The lowest BCUT2D eigenvalue weighted by molar-refractivity contribution is 0.382. The van der Waals surface area contributed by atoms with Gasteiger partial charge < -0.3 is 5.32 Å². The van der Waals surface area contributed by atoms with Gasteiger partial charge in [-0.2, -0.15) is 0 Å². The van der Waals surface area contributed by atoms with E-state index in [1.54, 1.807) is 0 Å². The first kappa shape index (κ1) is 14.2. The molecule has 1 rings (SSSR count). The van der Waals surface area contributed by atoms with Crippen molar-refractivity contribution in [3.05, 3.63) is 32.7 Å². The zero-order chi connectivity index (χ0) is 12.1. The van der Waals surface area contributed by atoms with Gasteiger partial charge in [-0.25, -0.2) is 0 Å². The second-order valence-corrected chi connectivity index (χ2v) is 5.86. The summed E-state index contributed by atoms with van der Waals surface area (Å²) in [6.45, 7) is 7.68. The van der Waals surface area contributed by atoms with Gasteiger partial charge in [0.1, 0.15) is 0 Å². The summed E-state index contributed by atoms with van der Waals surface area (Å²) in [5.41, 5.74) is 1.34. The normalized spacial score (nSPS) is 14.8. The lowest BCUT2D eigenvalue weighted by Gasteiger charge is -2.25. The molecule has 1 aromatic carbocycles. The highest BCUT2D eigenvalue weighted by atomic mass is 79.9. The molecule has 3 heteroatoms. The molecule has 1 nitrogen and oxygen atoms in total. The number of benzene rings is 1. The van der Waals surface area contributed by atoms with Gasteiger partial charge in [-0.3, -0.25) is 0 Å². The van der Waals surface area contributed by atoms with Gasteiger partial charge in [0.2, 0.25) is 0 Å². The summed E-state index contributed by atoms with van der Waals surface area (Å²) in [6.07, 6.45) is 1.18. The summed E-state index contributed by atoms with van der Waals surface area (Å²) in [7, 11) is 0. The predicted octanol–water partition coefficient (Wildman–Crippen LogP) is 4.91. The Morgan fingerprint density at radius 1 is 1.25 bits per heavy atom. The van der Waals surface area contributed by atoms with Crippen molar-refractivity contribution in [3.63, 3.8) is 0 Å². The van der Waals surface area contributed by atoms with E-state index in [0.29, 0.717) is 12.0 Å². The summed E-state index contributed by atoms with van der Waals surface area (Å²) < 4.78 is 2.32. The zero-order valence-electron chi connectivity index (χ0n) is 10.1. The van der Waals surface area contributed by atoms with Crippen LogP contribution in [0, 0.1) is 5.92 Å². The van der Waals surface area contributed by atoms with Crippen LogP contribution in [-0.2, 0) is 0 Å². The first-order chi connectivity index (χ1) is 7.60. The molecule has 0 aliphatic carbocycles. The van der Waals surface area contributed by atoms with Crippen LogP contribution in [0.1, 0.15) is 38.8 Å². The third kappa shape index (κ3) is 3.57. The first-order valence-corrected chi connectivity index (χ1v) is 7.37. The molecule has 0 bridgehead atoms. The molecule has 0 fully saturated rings. The molecule has 2 atom stereocenters. The van der Waals surface area contributed by atoms with Crippen LogP contribution < -0.4 is 5.32 Å². The number of hydrogen-bond acceptors (Lipinski definition) is 1. The topological polar surface area (TPSA) is 12.0 Å². The standard InChI is InChI=1S/C13H19Br2N/c1-4-9(3)13(16-5-2)11-8-10(14)6-7-12(11)15/h6-9,13,16H,4-5H2,1-3H3. The van der Waals surface area contributed by atoms with E-state index in [2.05, 4.69) is 76.1 Å². The van der Waals surface area contributed by atoms with Gasteiger partial charge in [0.15, 0.2) is 0 Å². The van der Waals surface area contributed by atoms with Gasteiger partial charge in [-0.1, -0.05) is 59.1 Å². The molecule has 1 aromatic rings. The van der Waals surface area contributed by atoms with Crippen LogP contribution in [-0.4, -0.2) is 6.54 Å². The fourth-order valence-electron chi connectivity index (χ4n) is 1.83. The fourth-order valence-corrected chi connectivity index (χ4v) is 2.70. The smallest absolute Gasteiger partial charge is 0.0357 e. The minimum atomic E-state index is 0.418. The summed E-state index contributed by atoms with van der Waals surface area (Å²) >= 11 is 7.18. The van der Waals surface area contributed by atoms with E-state index < -0.39 is 0 Å². The van der Waals surface area contributed by atoms with E-state index in [9.17, 15) is 0 Å². The lowest BCUT2D eigenvalue weighted by atomic mass is 9.92. The summed E-state index contributed by atoms with van der Waals surface area (Å²) in [6, 6.07) is 6.78. The molecular formula is C13H19Br2N. The van der Waals surface area contributed by atoms with Crippen molar-refractivity contribution in [1.82, 2.24) is 5.32 Å². The van der Waals surface area contributed by atoms with E-state index >= 15 is 0 Å². The Kier molecular flexibility index (Phi) is 6.01. The Balaban J connectivity index is 3.04.